The second-order valence-corrected chi connectivity index (χ2v) is 11.1. The Morgan fingerprint density at radius 3 is 2.26 bits per heavy atom. The summed E-state index contributed by atoms with van der Waals surface area (Å²) in [4.78, 5) is 51.5. The number of amides is 1. The molecule has 216 valence electrons. The number of benzene rings is 3. The summed E-state index contributed by atoms with van der Waals surface area (Å²) in [7, 11) is 0. The lowest BCUT2D eigenvalue weighted by Crippen LogP contribution is -2.36. The number of nitrogens with one attached hydrogen (secondary N) is 1. The number of nitrogens with zero attached hydrogens (tertiary/aromatic N) is 2. The lowest BCUT2D eigenvalue weighted by Gasteiger charge is -2.20. The number of Topliss-reactive ketones (excluding diaryl/α,β-unsaturated/α-hetero) is 1. The van der Waals surface area contributed by atoms with Crippen molar-refractivity contribution in [2.45, 2.75) is 45.8 Å². The van der Waals surface area contributed by atoms with Gasteiger partial charge in [-0.25, -0.2) is 9.48 Å². The molecule has 10 heteroatoms. The summed E-state index contributed by atoms with van der Waals surface area (Å²) in [6, 6.07) is 19.7. The first-order valence-corrected chi connectivity index (χ1v) is 13.5. The summed E-state index contributed by atoms with van der Waals surface area (Å²) in [5.74, 6) is -1.91. The molecule has 3 aromatic carbocycles. The number of anilines is 1. The summed E-state index contributed by atoms with van der Waals surface area (Å²) in [5.41, 5.74) is 0.632. The molecule has 2 N–H and O–H groups in total. The van der Waals surface area contributed by atoms with E-state index in [1.54, 1.807) is 57.2 Å². The van der Waals surface area contributed by atoms with Crippen LogP contribution in [0.15, 0.2) is 83.7 Å². The van der Waals surface area contributed by atoms with E-state index in [-0.39, 0.29) is 28.9 Å². The summed E-state index contributed by atoms with van der Waals surface area (Å²) in [6.07, 6.45) is 0.0875. The second kappa shape index (κ2) is 12.4. The average molecular weight is 588 g/mol. The predicted molar refractivity (Wildman–Crippen MR) is 160 cm³/mol. The van der Waals surface area contributed by atoms with Gasteiger partial charge in [-0.1, -0.05) is 41.9 Å². The van der Waals surface area contributed by atoms with E-state index >= 15 is 0 Å². The molecule has 0 saturated heterocycles. The lowest BCUT2D eigenvalue weighted by atomic mass is 9.98. The van der Waals surface area contributed by atoms with Gasteiger partial charge in [0.05, 0.1) is 11.1 Å². The van der Waals surface area contributed by atoms with Crippen LogP contribution in [0.2, 0.25) is 5.02 Å². The van der Waals surface area contributed by atoms with Crippen LogP contribution < -0.4 is 10.9 Å². The number of esters is 1. The van der Waals surface area contributed by atoms with Crippen LogP contribution in [0.25, 0.3) is 11.1 Å². The van der Waals surface area contributed by atoms with Crippen molar-refractivity contribution in [3.05, 3.63) is 111 Å². The zero-order valence-corrected chi connectivity index (χ0v) is 24.3. The Morgan fingerprint density at radius 2 is 1.64 bits per heavy atom. The summed E-state index contributed by atoms with van der Waals surface area (Å²) in [5, 5.41) is 18.1. The molecule has 1 atom stereocenters. The van der Waals surface area contributed by atoms with Crippen molar-refractivity contribution in [1.82, 2.24) is 9.78 Å². The highest BCUT2D eigenvalue weighted by Gasteiger charge is 2.26. The fraction of sp³-hybridized carbons (Fsp3) is 0.219. The zero-order chi connectivity index (χ0) is 30.6. The Labute approximate surface area is 247 Å². The van der Waals surface area contributed by atoms with E-state index in [9.17, 15) is 24.3 Å². The topological polar surface area (TPSA) is 128 Å². The van der Waals surface area contributed by atoms with Crippen LogP contribution in [-0.4, -0.2) is 38.1 Å². The van der Waals surface area contributed by atoms with Crippen LogP contribution in [0.3, 0.4) is 0 Å². The Balaban J connectivity index is 1.69. The molecule has 0 saturated carbocycles. The maximum absolute atomic E-state index is 13.6. The number of carbonyl (C=O) groups excluding carboxylic acids is 3. The molecule has 0 radical (unpaired) electrons. The van der Waals surface area contributed by atoms with E-state index in [4.69, 9.17) is 16.3 Å². The summed E-state index contributed by atoms with van der Waals surface area (Å²) >= 11 is 6.13. The van der Waals surface area contributed by atoms with Crippen molar-refractivity contribution in [3.63, 3.8) is 0 Å². The normalized spacial score (nSPS) is 11.9. The van der Waals surface area contributed by atoms with Crippen LogP contribution in [-0.2, 0) is 16.0 Å². The molecule has 0 aliphatic carbocycles. The van der Waals surface area contributed by atoms with Gasteiger partial charge in [0, 0.05) is 28.8 Å². The first kappa shape index (κ1) is 30.2. The summed E-state index contributed by atoms with van der Waals surface area (Å²) in [6.45, 7) is 6.66. The molecule has 0 unspecified atom stereocenters. The molecule has 1 amide bonds. The molecule has 0 aliphatic rings. The first-order valence-electron chi connectivity index (χ1n) is 13.1. The van der Waals surface area contributed by atoms with Gasteiger partial charge in [-0.15, -0.1) is 5.10 Å². The van der Waals surface area contributed by atoms with Gasteiger partial charge in [0.2, 0.25) is 11.8 Å². The van der Waals surface area contributed by atoms with Gasteiger partial charge in [-0.3, -0.25) is 14.4 Å². The SMILES string of the molecule is CC(=O)c1ccc(Cl)cc1-c1cc(=O)n([C@@H](Cc2ccccc2)C(=O)Nc2ccc(C(=O)OC(C)(C)C)cc2)nc1O. The number of hydrogen-bond acceptors (Lipinski definition) is 7. The van der Waals surface area contributed by atoms with Gasteiger partial charge < -0.3 is 15.2 Å². The molecule has 9 nitrogen and oxygen atoms in total. The van der Waals surface area contributed by atoms with E-state index in [0.29, 0.717) is 16.3 Å². The number of hydrogen-bond donors (Lipinski definition) is 2. The van der Waals surface area contributed by atoms with Crippen molar-refractivity contribution in [2.75, 3.05) is 5.32 Å². The Bertz CT molecular complexity index is 1690. The fourth-order valence-corrected chi connectivity index (χ4v) is 4.48. The molecule has 42 heavy (non-hydrogen) atoms. The van der Waals surface area contributed by atoms with E-state index in [1.807, 2.05) is 6.07 Å². The summed E-state index contributed by atoms with van der Waals surface area (Å²) < 4.78 is 6.29. The maximum Gasteiger partial charge on any atom is 0.338 e. The smallest absolute Gasteiger partial charge is 0.338 e. The van der Waals surface area contributed by atoms with Crippen molar-refractivity contribution in [3.8, 4) is 17.0 Å². The highest BCUT2D eigenvalue weighted by Crippen LogP contribution is 2.32. The van der Waals surface area contributed by atoms with Crippen LogP contribution >= 0.6 is 11.6 Å². The van der Waals surface area contributed by atoms with Gasteiger partial charge in [-0.2, -0.15) is 0 Å². The molecular formula is C32H30ClN3O6. The number of ketones is 1. The molecule has 4 rings (SSSR count). The number of aromatic hydroxyl groups is 1. The van der Waals surface area contributed by atoms with Gasteiger partial charge in [0.25, 0.3) is 5.56 Å². The number of rotatable bonds is 8. The van der Waals surface area contributed by atoms with Crippen LogP contribution in [0, 0.1) is 0 Å². The molecule has 4 aromatic rings. The number of carbonyl (C=O) groups is 3. The van der Waals surface area contributed by atoms with E-state index in [2.05, 4.69) is 10.4 Å². The average Bonchev–Trinajstić information content (AvgIpc) is 2.92. The van der Waals surface area contributed by atoms with Crippen molar-refractivity contribution in [1.29, 1.82) is 0 Å². The van der Waals surface area contributed by atoms with Gasteiger partial charge >= 0.3 is 5.97 Å². The van der Waals surface area contributed by atoms with Gasteiger partial charge in [0.15, 0.2) is 5.78 Å². The highest BCUT2D eigenvalue weighted by molar-refractivity contribution is 6.31. The Hall–Kier alpha value is -4.76. The standard InChI is InChI=1S/C32H30ClN3O6/c1-19(37)24-15-12-22(33)17-25(24)26-18-28(38)36(35-29(26)39)27(16-20-8-6-5-7-9-20)30(40)34-23-13-10-21(11-14-23)31(41)42-32(2,3)4/h5-15,17-18,27H,16H2,1-4H3,(H,34,40)(H,35,39)/t27-/m0/s1. The molecular weight excluding hydrogens is 558 g/mol. The molecule has 0 fully saturated rings. The van der Waals surface area contributed by atoms with E-state index in [1.165, 1.54) is 37.3 Å². The van der Waals surface area contributed by atoms with E-state index < -0.39 is 35.0 Å². The third-order valence-corrected chi connectivity index (χ3v) is 6.48. The largest absolute Gasteiger partial charge is 0.492 e. The minimum atomic E-state index is -1.16. The lowest BCUT2D eigenvalue weighted by molar-refractivity contribution is -0.119. The molecule has 1 heterocycles. The molecule has 0 bridgehead atoms. The number of ether oxygens (including phenoxy) is 1. The van der Waals surface area contributed by atoms with Crippen LogP contribution in [0.1, 0.15) is 60.0 Å². The quantitative estimate of drug-likeness (QED) is 0.195. The van der Waals surface area contributed by atoms with Crippen LogP contribution in [0.5, 0.6) is 5.88 Å². The minimum absolute atomic E-state index is 0.0144. The number of aromatic nitrogens is 2. The van der Waals surface area contributed by atoms with E-state index in [0.717, 1.165) is 16.3 Å². The van der Waals surface area contributed by atoms with Crippen molar-refractivity contribution in [2.24, 2.45) is 0 Å². The maximum atomic E-state index is 13.6. The number of halogens is 1. The molecule has 0 spiro atoms. The Morgan fingerprint density at radius 1 is 0.976 bits per heavy atom. The zero-order valence-electron chi connectivity index (χ0n) is 23.6. The monoisotopic (exact) mass is 587 g/mol. The second-order valence-electron chi connectivity index (χ2n) is 10.7. The third-order valence-electron chi connectivity index (χ3n) is 6.24. The van der Waals surface area contributed by atoms with Gasteiger partial charge in [-0.05, 0) is 81.3 Å². The van der Waals surface area contributed by atoms with Crippen LogP contribution in [0.4, 0.5) is 5.69 Å². The highest BCUT2D eigenvalue weighted by atomic mass is 35.5. The molecule has 0 aliphatic heterocycles. The van der Waals surface area contributed by atoms with Gasteiger partial charge in [0.1, 0.15) is 11.6 Å². The van der Waals surface area contributed by atoms with Crippen molar-refractivity contribution >= 4 is 34.9 Å². The first-order chi connectivity index (χ1) is 19.8. The fourth-order valence-electron chi connectivity index (χ4n) is 4.31. The van der Waals surface area contributed by atoms with Crippen molar-refractivity contribution < 1.29 is 24.2 Å². The Kier molecular flexibility index (Phi) is 8.92. The minimum Gasteiger partial charge on any atom is -0.492 e. The predicted octanol–water partition coefficient (Wildman–Crippen LogP) is 5.85. The third kappa shape index (κ3) is 7.30. The molecule has 1 aromatic heterocycles.